The van der Waals surface area contributed by atoms with Crippen LogP contribution in [0.3, 0.4) is 0 Å². The van der Waals surface area contributed by atoms with Crippen LogP contribution in [0.15, 0.2) is 42.5 Å². The van der Waals surface area contributed by atoms with Gasteiger partial charge < -0.3 is 9.84 Å². The summed E-state index contributed by atoms with van der Waals surface area (Å²) in [5.41, 5.74) is 1.72. The fraction of sp³-hybridized carbons (Fsp3) is 0.133. The minimum absolute atomic E-state index is 0.161. The van der Waals surface area contributed by atoms with Gasteiger partial charge in [0.1, 0.15) is 5.75 Å². The second kappa shape index (κ2) is 5.76. The molecule has 0 radical (unpaired) electrons. The van der Waals surface area contributed by atoms with Crippen LogP contribution in [0.2, 0.25) is 5.02 Å². The maximum Gasteiger partial charge on any atom is 0.335 e. The average molecular weight is 277 g/mol. The van der Waals surface area contributed by atoms with Gasteiger partial charge in [0, 0.05) is 10.6 Å². The average Bonchev–Trinajstić information content (AvgIpc) is 2.39. The molecule has 0 fully saturated rings. The van der Waals surface area contributed by atoms with Gasteiger partial charge in [-0.25, -0.2) is 4.79 Å². The maximum absolute atomic E-state index is 11.1. The molecule has 4 heteroatoms. The number of carboxylic acids is 1. The van der Waals surface area contributed by atoms with Gasteiger partial charge in [0.25, 0.3) is 0 Å². The van der Waals surface area contributed by atoms with Crippen LogP contribution in [0.5, 0.6) is 5.75 Å². The number of hydrogen-bond donors (Lipinski definition) is 1. The molecule has 0 bridgehead atoms. The van der Waals surface area contributed by atoms with Crippen molar-refractivity contribution in [2.75, 3.05) is 6.61 Å². The van der Waals surface area contributed by atoms with Crippen molar-refractivity contribution in [1.29, 1.82) is 0 Å². The molecule has 3 nitrogen and oxygen atoms in total. The SMILES string of the molecule is CCOc1ccccc1-c1cc(Cl)cc(C(=O)O)c1. The third-order valence-electron chi connectivity index (χ3n) is 2.64. The van der Waals surface area contributed by atoms with E-state index in [9.17, 15) is 4.79 Å². The van der Waals surface area contributed by atoms with Crippen molar-refractivity contribution in [3.8, 4) is 16.9 Å². The summed E-state index contributed by atoms with van der Waals surface area (Å²) in [5.74, 6) is -0.291. The van der Waals surface area contributed by atoms with Crippen LogP contribution in [0, 0.1) is 0 Å². The van der Waals surface area contributed by atoms with Crippen molar-refractivity contribution in [2.24, 2.45) is 0 Å². The van der Waals surface area contributed by atoms with Gasteiger partial charge in [0.2, 0.25) is 0 Å². The van der Waals surface area contributed by atoms with Crippen molar-refractivity contribution >= 4 is 17.6 Å². The molecule has 0 aromatic heterocycles. The van der Waals surface area contributed by atoms with Crippen molar-refractivity contribution < 1.29 is 14.6 Å². The van der Waals surface area contributed by atoms with Crippen LogP contribution >= 0.6 is 11.6 Å². The number of aromatic carboxylic acids is 1. The molecule has 0 unspecified atom stereocenters. The van der Waals surface area contributed by atoms with E-state index in [-0.39, 0.29) is 5.56 Å². The maximum atomic E-state index is 11.1. The van der Waals surface area contributed by atoms with Crippen molar-refractivity contribution in [3.05, 3.63) is 53.1 Å². The summed E-state index contributed by atoms with van der Waals surface area (Å²) in [7, 11) is 0. The lowest BCUT2D eigenvalue weighted by molar-refractivity contribution is 0.0697. The van der Waals surface area contributed by atoms with Gasteiger partial charge in [-0.05, 0) is 36.8 Å². The number of para-hydroxylation sites is 1. The summed E-state index contributed by atoms with van der Waals surface area (Å²) in [5, 5.41) is 9.45. The van der Waals surface area contributed by atoms with Crippen LogP contribution in [0.25, 0.3) is 11.1 Å². The largest absolute Gasteiger partial charge is 0.493 e. The molecule has 2 aromatic rings. The normalized spacial score (nSPS) is 10.2. The van der Waals surface area contributed by atoms with Gasteiger partial charge in [-0.2, -0.15) is 0 Å². The highest BCUT2D eigenvalue weighted by atomic mass is 35.5. The fourth-order valence-corrected chi connectivity index (χ4v) is 2.09. The van der Waals surface area contributed by atoms with E-state index in [1.807, 2.05) is 31.2 Å². The van der Waals surface area contributed by atoms with Gasteiger partial charge in [0.05, 0.1) is 12.2 Å². The van der Waals surface area contributed by atoms with Gasteiger partial charge in [-0.3, -0.25) is 0 Å². The van der Waals surface area contributed by atoms with E-state index in [4.69, 9.17) is 21.4 Å². The zero-order valence-corrected chi connectivity index (χ0v) is 11.1. The van der Waals surface area contributed by atoms with E-state index in [1.165, 1.54) is 6.07 Å². The number of hydrogen-bond acceptors (Lipinski definition) is 2. The minimum atomic E-state index is -1.00. The first-order valence-electron chi connectivity index (χ1n) is 5.88. The summed E-state index contributed by atoms with van der Waals surface area (Å²) >= 11 is 5.97. The summed E-state index contributed by atoms with van der Waals surface area (Å²) in [4.78, 5) is 11.1. The van der Waals surface area contributed by atoms with Gasteiger partial charge in [0.15, 0.2) is 0 Å². The molecule has 0 atom stereocenters. The topological polar surface area (TPSA) is 46.5 Å². The molecule has 0 amide bonds. The van der Waals surface area contributed by atoms with Crippen LogP contribution in [0.4, 0.5) is 0 Å². The van der Waals surface area contributed by atoms with E-state index in [0.29, 0.717) is 17.4 Å². The quantitative estimate of drug-likeness (QED) is 0.914. The predicted octanol–water partition coefficient (Wildman–Crippen LogP) is 4.10. The Morgan fingerprint density at radius 3 is 2.68 bits per heavy atom. The van der Waals surface area contributed by atoms with Crippen molar-refractivity contribution in [3.63, 3.8) is 0 Å². The molecule has 0 aliphatic carbocycles. The summed E-state index contributed by atoms with van der Waals surface area (Å²) in [6.45, 7) is 2.45. The number of benzene rings is 2. The molecule has 0 aliphatic rings. The Hall–Kier alpha value is -2.00. The van der Waals surface area contributed by atoms with Gasteiger partial charge in [-0.15, -0.1) is 0 Å². The van der Waals surface area contributed by atoms with E-state index >= 15 is 0 Å². The first kappa shape index (κ1) is 13.4. The number of rotatable bonds is 4. The summed E-state index contributed by atoms with van der Waals surface area (Å²) < 4.78 is 5.54. The molecular weight excluding hydrogens is 264 g/mol. The molecule has 0 saturated heterocycles. The molecule has 0 saturated carbocycles. The molecule has 98 valence electrons. The molecular formula is C15H13ClO3. The third-order valence-corrected chi connectivity index (χ3v) is 2.86. The summed E-state index contributed by atoms with van der Waals surface area (Å²) in [6, 6.07) is 12.2. The number of ether oxygens (including phenoxy) is 1. The lowest BCUT2D eigenvalue weighted by atomic mass is 10.0. The highest BCUT2D eigenvalue weighted by molar-refractivity contribution is 6.31. The Labute approximate surface area is 116 Å². The lowest BCUT2D eigenvalue weighted by Crippen LogP contribution is -1.98. The van der Waals surface area contributed by atoms with Gasteiger partial charge in [-0.1, -0.05) is 29.8 Å². The van der Waals surface area contributed by atoms with E-state index in [0.717, 1.165) is 11.1 Å². The fourth-order valence-electron chi connectivity index (χ4n) is 1.86. The zero-order valence-electron chi connectivity index (χ0n) is 10.4. The van der Waals surface area contributed by atoms with Crippen molar-refractivity contribution in [1.82, 2.24) is 0 Å². The minimum Gasteiger partial charge on any atom is -0.493 e. The van der Waals surface area contributed by atoms with Crippen LogP contribution in [-0.2, 0) is 0 Å². The molecule has 0 spiro atoms. The Balaban J connectivity index is 2.55. The number of halogens is 1. The highest BCUT2D eigenvalue weighted by Gasteiger charge is 2.10. The van der Waals surface area contributed by atoms with Gasteiger partial charge >= 0.3 is 5.97 Å². The Kier molecular flexibility index (Phi) is 4.07. The van der Waals surface area contributed by atoms with E-state index < -0.39 is 5.97 Å². The zero-order chi connectivity index (χ0) is 13.8. The first-order chi connectivity index (χ1) is 9.11. The standard InChI is InChI=1S/C15H13ClO3/c1-2-19-14-6-4-3-5-13(14)10-7-11(15(17)18)9-12(16)8-10/h3-9H,2H2,1H3,(H,17,18). The predicted molar refractivity (Wildman–Crippen MR) is 75.0 cm³/mol. The van der Waals surface area contributed by atoms with Crippen LogP contribution in [-0.4, -0.2) is 17.7 Å². The Morgan fingerprint density at radius 1 is 1.26 bits per heavy atom. The molecule has 19 heavy (non-hydrogen) atoms. The van der Waals surface area contributed by atoms with E-state index in [2.05, 4.69) is 0 Å². The molecule has 1 N–H and O–H groups in total. The molecule has 2 aromatic carbocycles. The third kappa shape index (κ3) is 3.06. The van der Waals surface area contributed by atoms with Crippen LogP contribution < -0.4 is 4.74 Å². The lowest BCUT2D eigenvalue weighted by Gasteiger charge is -2.11. The van der Waals surface area contributed by atoms with Crippen molar-refractivity contribution in [2.45, 2.75) is 6.92 Å². The Bertz CT molecular complexity index is 608. The smallest absolute Gasteiger partial charge is 0.335 e. The second-order valence-corrected chi connectivity index (χ2v) is 4.40. The molecule has 0 aliphatic heterocycles. The number of carboxylic acid groups (broad SMARTS) is 1. The molecule has 0 heterocycles. The monoisotopic (exact) mass is 276 g/mol. The molecule has 2 rings (SSSR count). The van der Waals surface area contributed by atoms with Crippen LogP contribution in [0.1, 0.15) is 17.3 Å². The Morgan fingerprint density at radius 2 is 2.00 bits per heavy atom. The number of carbonyl (C=O) groups is 1. The summed E-state index contributed by atoms with van der Waals surface area (Å²) in [6.07, 6.45) is 0. The second-order valence-electron chi connectivity index (χ2n) is 3.96. The highest BCUT2D eigenvalue weighted by Crippen LogP contribution is 2.32. The van der Waals surface area contributed by atoms with E-state index in [1.54, 1.807) is 12.1 Å². The first-order valence-corrected chi connectivity index (χ1v) is 6.25.